The number of aliphatic hydroxyl groups is 1. The molecule has 0 aliphatic heterocycles. The van der Waals surface area contributed by atoms with Gasteiger partial charge in [-0.05, 0) is 18.1 Å². The largest absolute Gasteiger partial charge is 0.480 e. The quantitative estimate of drug-likeness (QED) is 0.217. The summed E-state index contributed by atoms with van der Waals surface area (Å²) in [5.41, 5.74) is 8.26. The highest BCUT2D eigenvalue weighted by Crippen LogP contribution is 2.18. The second-order valence-corrected chi connectivity index (χ2v) is 7.09. The van der Waals surface area contributed by atoms with Crippen molar-refractivity contribution in [1.82, 2.24) is 25.6 Å². The van der Waals surface area contributed by atoms with E-state index < -0.39 is 42.5 Å². The van der Waals surface area contributed by atoms with E-state index in [0.29, 0.717) is 5.69 Å². The van der Waals surface area contributed by atoms with E-state index in [0.717, 1.165) is 16.5 Å². The monoisotopic (exact) mass is 428 g/mol. The molecule has 31 heavy (non-hydrogen) atoms. The van der Waals surface area contributed by atoms with Crippen molar-refractivity contribution in [2.24, 2.45) is 5.73 Å². The fourth-order valence-corrected chi connectivity index (χ4v) is 3.19. The van der Waals surface area contributed by atoms with E-state index in [1.54, 1.807) is 6.20 Å². The SMILES string of the molecule is NC(Cc1c[nH]c2ccccc12)C(=O)NC(CO)C(=O)NC(Cc1cnc[nH]1)C(=O)O. The van der Waals surface area contributed by atoms with Crippen molar-refractivity contribution < 1.29 is 24.6 Å². The highest BCUT2D eigenvalue weighted by molar-refractivity contribution is 5.92. The third-order valence-corrected chi connectivity index (χ3v) is 4.86. The molecule has 3 unspecified atom stereocenters. The number of fused-ring (bicyclic) bond motifs is 1. The number of nitrogens with two attached hydrogens (primary N) is 1. The van der Waals surface area contributed by atoms with Crippen molar-refractivity contribution in [1.29, 1.82) is 0 Å². The van der Waals surface area contributed by atoms with Gasteiger partial charge in [-0.2, -0.15) is 0 Å². The Morgan fingerprint density at radius 1 is 1.06 bits per heavy atom. The lowest BCUT2D eigenvalue weighted by Crippen LogP contribution is -2.56. The molecule has 164 valence electrons. The number of amides is 2. The second-order valence-electron chi connectivity index (χ2n) is 7.09. The molecular formula is C20H24N6O5. The van der Waals surface area contributed by atoms with Gasteiger partial charge >= 0.3 is 5.97 Å². The third kappa shape index (κ3) is 5.47. The number of rotatable bonds is 10. The number of nitrogens with one attached hydrogen (secondary N) is 4. The van der Waals surface area contributed by atoms with Crippen LogP contribution >= 0.6 is 0 Å². The predicted octanol–water partition coefficient (Wildman–Crippen LogP) is -0.950. The molecule has 11 nitrogen and oxygen atoms in total. The topological polar surface area (TPSA) is 186 Å². The fourth-order valence-electron chi connectivity index (χ4n) is 3.19. The van der Waals surface area contributed by atoms with Crippen LogP contribution in [0.5, 0.6) is 0 Å². The van der Waals surface area contributed by atoms with Gasteiger partial charge in [-0.25, -0.2) is 9.78 Å². The summed E-state index contributed by atoms with van der Waals surface area (Å²) in [6, 6.07) is 3.99. The van der Waals surface area contributed by atoms with E-state index >= 15 is 0 Å². The average Bonchev–Trinajstić information content (AvgIpc) is 3.41. The molecule has 8 N–H and O–H groups in total. The summed E-state index contributed by atoms with van der Waals surface area (Å²) in [6.07, 6.45) is 4.78. The van der Waals surface area contributed by atoms with Gasteiger partial charge in [0.1, 0.15) is 12.1 Å². The van der Waals surface area contributed by atoms with E-state index in [9.17, 15) is 24.6 Å². The molecule has 0 saturated heterocycles. The predicted molar refractivity (Wildman–Crippen MR) is 111 cm³/mol. The van der Waals surface area contributed by atoms with Gasteiger partial charge in [-0.1, -0.05) is 18.2 Å². The zero-order valence-corrected chi connectivity index (χ0v) is 16.5. The molecule has 0 aliphatic carbocycles. The standard InChI is InChI=1S/C20H24N6O5/c21-14(5-11-7-23-15-4-2-1-3-13(11)15)18(28)26-17(9-27)19(29)25-16(20(30)31)6-12-8-22-10-24-12/h1-4,7-8,10,14,16-17,23,27H,5-6,9,21H2,(H,22,24)(H,25,29)(H,26,28)(H,30,31). The Morgan fingerprint density at radius 3 is 2.48 bits per heavy atom. The summed E-state index contributed by atoms with van der Waals surface area (Å²) < 4.78 is 0. The Kier molecular flexibility index (Phi) is 7.00. The van der Waals surface area contributed by atoms with Crippen LogP contribution in [-0.4, -0.2) is 67.7 Å². The number of carboxylic acids is 1. The second kappa shape index (κ2) is 9.87. The zero-order valence-electron chi connectivity index (χ0n) is 16.5. The van der Waals surface area contributed by atoms with Gasteiger partial charge in [0.05, 0.1) is 19.0 Å². The number of aliphatic carboxylic acids is 1. The highest BCUT2D eigenvalue weighted by atomic mass is 16.4. The fraction of sp³-hybridized carbons (Fsp3) is 0.300. The van der Waals surface area contributed by atoms with E-state index in [2.05, 4.69) is 25.6 Å². The summed E-state index contributed by atoms with van der Waals surface area (Å²) in [5, 5.41) is 24.5. The first-order chi connectivity index (χ1) is 14.9. The molecule has 1 aromatic carbocycles. The van der Waals surface area contributed by atoms with Crippen molar-refractivity contribution in [2.75, 3.05) is 6.61 Å². The van der Waals surface area contributed by atoms with Crippen LogP contribution < -0.4 is 16.4 Å². The van der Waals surface area contributed by atoms with Gasteiger partial charge in [0.15, 0.2) is 0 Å². The van der Waals surface area contributed by atoms with Crippen molar-refractivity contribution in [3.05, 3.63) is 54.2 Å². The zero-order chi connectivity index (χ0) is 22.4. The molecule has 11 heteroatoms. The smallest absolute Gasteiger partial charge is 0.326 e. The molecular weight excluding hydrogens is 404 g/mol. The van der Waals surface area contributed by atoms with Crippen LogP contribution in [0.3, 0.4) is 0 Å². The Balaban J connectivity index is 1.59. The maximum Gasteiger partial charge on any atom is 0.326 e. The minimum absolute atomic E-state index is 0.0345. The first-order valence-corrected chi connectivity index (χ1v) is 9.61. The number of aromatic nitrogens is 3. The molecule has 0 bridgehead atoms. The number of aliphatic hydroxyl groups excluding tert-OH is 1. The number of H-pyrrole nitrogens is 2. The van der Waals surface area contributed by atoms with Crippen LogP contribution in [0.15, 0.2) is 43.0 Å². The number of nitrogens with zero attached hydrogens (tertiary/aromatic N) is 1. The van der Waals surface area contributed by atoms with Crippen LogP contribution in [-0.2, 0) is 27.2 Å². The molecule has 2 heterocycles. The number of imidazole rings is 1. The number of carbonyl (C=O) groups is 3. The Labute approximate surface area is 177 Å². The Morgan fingerprint density at radius 2 is 1.81 bits per heavy atom. The molecule has 0 radical (unpaired) electrons. The lowest BCUT2D eigenvalue weighted by molar-refractivity contribution is -0.142. The van der Waals surface area contributed by atoms with Crippen molar-refractivity contribution >= 4 is 28.7 Å². The average molecular weight is 428 g/mol. The van der Waals surface area contributed by atoms with Gasteiger partial charge in [0.2, 0.25) is 11.8 Å². The summed E-state index contributed by atoms with van der Waals surface area (Å²) in [5.74, 6) is -2.73. The molecule has 0 spiro atoms. The Hall–Kier alpha value is -3.70. The number of para-hydroxylation sites is 1. The molecule has 0 fully saturated rings. The molecule has 2 aromatic heterocycles. The minimum atomic E-state index is -1.34. The lowest BCUT2D eigenvalue weighted by atomic mass is 10.0. The Bertz CT molecular complexity index is 1050. The maximum atomic E-state index is 12.5. The molecule has 3 atom stereocenters. The van der Waals surface area contributed by atoms with Crippen LogP contribution in [0.1, 0.15) is 11.3 Å². The van der Waals surface area contributed by atoms with Crippen LogP contribution in [0.4, 0.5) is 0 Å². The van der Waals surface area contributed by atoms with Crippen LogP contribution in [0.2, 0.25) is 0 Å². The number of carboxylic acid groups (broad SMARTS) is 1. The van der Waals surface area contributed by atoms with E-state index in [1.165, 1.54) is 12.5 Å². The summed E-state index contributed by atoms with van der Waals surface area (Å²) in [7, 11) is 0. The number of benzene rings is 1. The van der Waals surface area contributed by atoms with Crippen LogP contribution in [0, 0.1) is 0 Å². The molecule has 3 aromatic rings. The number of hydrogen-bond acceptors (Lipinski definition) is 6. The summed E-state index contributed by atoms with van der Waals surface area (Å²) in [4.78, 5) is 46.1. The van der Waals surface area contributed by atoms with Gasteiger partial charge in [-0.3, -0.25) is 9.59 Å². The molecule has 0 saturated carbocycles. The number of carbonyl (C=O) groups excluding carboxylic acids is 2. The van der Waals surface area contributed by atoms with Gasteiger partial charge in [0.25, 0.3) is 0 Å². The first kappa shape index (κ1) is 22.0. The van der Waals surface area contributed by atoms with Gasteiger partial charge in [0, 0.05) is 35.4 Å². The summed E-state index contributed by atoms with van der Waals surface area (Å²) in [6.45, 7) is -0.715. The van der Waals surface area contributed by atoms with Crippen molar-refractivity contribution in [2.45, 2.75) is 31.0 Å². The van der Waals surface area contributed by atoms with Gasteiger partial charge in [-0.15, -0.1) is 0 Å². The highest BCUT2D eigenvalue weighted by Gasteiger charge is 2.28. The van der Waals surface area contributed by atoms with Crippen molar-refractivity contribution in [3.8, 4) is 0 Å². The van der Waals surface area contributed by atoms with E-state index in [1.807, 2.05) is 24.3 Å². The number of hydrogen-bond donors (Lipinski definition) is 7. The van der Waals surface area contributed by atoms with Crippen molar-refractivity contribution in [3.63, 3.8) is 0 Å². The first-order valence-electron chi connectivity index (χ1n) is 9.61. The number of aromatic amines is 2. The normalized spacial score (nSPS) is 14.0. The lowest BCUT2D eigenvalue weighted by Gasteiger charge is -2.21. The summed E-state index contributed by atoms with van der Waals surface area (Å²) >= 11 is 0. The minimum Gasteiger partial charge on any atom is -0.480 e. The molecule has 0 aliphatic rings. The molecule has 3 rings (SSSR count). The van der Waals surface area contributed by atoms with E-state index in [4.69, 9.17) is 5.73 Å². The molecule has 2 amide bonds. The third-order valence-electron chi connectivity index (χ3n) is 4.86. The van der Waals surface area contributed by atoms with E-state index in [-0.39, 0.29) is 12.8 Å². The van der Waals surface area contributed by atoms with Crippen LogP contribution in [0.25, 0.3) is 10.9 Å². The van der Waals surface area contributed by atoms with Gasteiger partial charge < -0.3 is 36.5 Å². The maximum absolute atomic E-state index is 12.5.